The van der Waals surface area contributed by atoms with Crippen molar-refractivity contribution in [1.82, 2.24) is 0 Å². The third-order valence-electron chi connectivity index (χ3n) is 8.75. The molecule has 0 aliphatic carbocycles. The Hall–Kier alpha value is -2.55. The number of hydrogen-bond acceptors (Lipinski definition) is 7. The standard InChI is InChI=1S/C46H80NO8P/c1-6-8-10-12-14-16-18-20-21-22-23-24-25-27-29-31-33-35-37-39-46(49)55-44(43-54-56(50,51)53-41-40-47(3,4)5)42-52-45(48)38-36-34-32-30-28-26-19-17-15-13-11-9-7-2/h10,12,16,18,21-22,24-25,29,31,35,37,44H,6-9,11,13-15,17,19-20,23,26-28,30,32-34,36,38-43H2,1-5H3/p+1/b12-10+,18-16-,22-21-,25-24-,31-29-,37-35-. The van der Waals surface area contributed by atoms with Crippen LogP contribution in [-0.4, -0.2) is 74.9 Å². The Morgan fingerprint density at radius 2 is 1.02 bits per heavy atom. The first-order valence-corrected chi connectivity index (χ1v) is 23.2. The molecule has 10 heteroatoms. The molecule has 56 heavy (non-hydrogen) atoms. The zero-order valence-corrected chi connectivity index (χ0v) is 37.0. The van der Waals surface area contributed by atoms with Crippen LogP contribution < -0.4 is 0 Å². The first-order valence-electron chi connectivity index (χ1n) is 21.7. The Kier molecular flexibility index (Phi) is 36.3. The number of nitrogens with zero attached hydrogens (tertiary/aromatic N) is 1. The van der Waals surface area contributed by atoms with Gasteiger partial charge in [-0.2, -0.15) is 0 Å². The molecule has 0 bridgehead atoms. The molecule has 2 atom stereocenters. The van der Waals surface area contributed by atoms with Crippen LogP contribution in [0, 0.1) is 0 Å². The molecule has 2 unspecified atom stereocenters. The van der Waals surface area contributed by atoms with Crippen molar-refractivity contribution in [3.8, 4) is 0 Å². The molecule has 0 aromatic carbocycles. The van der Waals surface area contributed by atoms with E-state index in [0.29, 0.717) is 17.4 Å². The maximum atomic E-state index is 12.6. The summed E-state index contributed by atoms with van der Waals surface area (Å²) in [6, 6.07) is 0. The number of hydrogen-bond donors (Lipinski definition) is 1. The summed E-state index contributed by atoms with van der Waals surface area (Å²) in [6.07, 6.45) is 46.9. The fraction of sp³-hybridized carbons (Fsp3) is 0.696. The fourth-order valence-corrected chi connectivity index (χ4v) is 6.10. The number of carbonyl (C=O) groups is 2. The highest BCUT2D eigenvalue weighted by molar-refractivity contribution is 7.47. The maximum absolute atomic E-state index is 12.6. The van der Waals surface area contributed by atoms with Crippen LogP contribution in [-0.2, 0) is 32.7 Å². The molecule has 0 rings (SSSR count). The number of likely N-dealkylation sites (N-methyl/N-ethyl adjacent to an activating group) is 1. The summed E-state index contributed by atoms with van der Waals surface area (Å²) in [5.41, 5.74) is 0. The number of esters is 2. The molecular weight excluding hydrogens is 725 g/mol. The summed E-state index contributed by atoms with van der Waals surface area (Å²) < 4.78 is 34.1. The van der Waals surface area contributed by atoms with E-state index in [2.05, 4.69) is 68.5 Å². The van der Waals surface area contributed by atoms with Gasteiger partial charge >= 0.3 is 19.8 Å². The topological polar surface area (TPSA) is 108 Å². The average molecular weight is 807 g/mol. The number of allylic oxidation sites excluding steroid dienone is 11. The molecule has 0 aliphatic heterocycles. The van der Waals surface area contributed by atoms with E-state index in [0.717, 1.165) is 51.4 Å². The molecular formula is C46H81NO8P+. The molecule has 0 aromatic rings. The van der Waals surface area contributed by atoms with E-state index in [1.54, 1.807) is 6.08 Å². The number of unbranched alkanes of at least 4 members (excludes halogenated alkanes) is 13. The lowest BCUT2D eigenvalue weighted by molar-refractivity contribution is -0.870. The third kappa shape index (κ3) is 41.1. The van der Waals surface area contributed by atoms with E-state index in [9.17, 15) is 19.0 Å². The van der Waals surface area contributed by atoms with Gasteiger partial charge in [0.05, 0.1) is 34.2 Å². The number of phosphoric ester groups is 1. The van der Waals surface area contributed by atoms with Gasteiger partial charge < -0.3 is 18.9 Å². The third-order valence-corrected chi connectivity index (χ3v) is 9.74. The van der Waals surface area contributed by atoms with Crippen LogP contribution in [0.3, 0.4) is 0 Å². The van der Waals surface area contributed by atoms with Gasteiger partial charge in [0.1, 0.15) is 19.8 Å². The van der Waals surface area contributed by atoms with Crippen molar-refractivity contribution in [2.75, 3.05) is 47.5 Å². The number of carbonyl (C=O) groups excluding carboxylic acids is 2. The van der Waals surface area contributed by atoms with E-state index in [-0.39, 0.29) is 26.1 Å². The lowest BCUT2D eigenvalue weighted by Gasteiger charge is -2.24. The first kappa shape index (κ1) is 53.5. The highest BCUT2D eigenvalue weighted by Crippen LogP contribution is 2.43. The van der Waals surface area contributed by atoms with Gasteiger partial charge in [-0.25, -0.2) is 4.57 Å². The summed E-state index contributed by atoms with van der Waals surface area (Å²) in [5.74, 6) is -0.951. The summed E-state index contributed by atoms with van der Waals surface area (Å²) >= 11 is 0. The molecule has 0 fully saturated rings. The van der Waals surface area contributed by atoms with Crippen molar-refractivity contribution in [3.63, 3.8) is 0 Å². The van der Waals surface area contributed by atoms with Crippen LogP contribution in [0.15, 0.2) is 72.9 Å². The smallest absolute Gasteiger partial charge is 0.462 e. The molecule has 322 valence electrons. The van der Waals surface area contributed by atoms with Gasteiger partial charge in [0.15, 0.2) is 6.10 Å². The van der Waals surface area contributed by atoms with Crippen LogP contribution in [0.4, 0.5) is 0 Å². The van der Waals surface area contributed by atoms with Crippen molar-refractivity contribution < 1.29 is 42.1 Å². The molecule has 0 aliphatic rings. The SMILES string of the molecule is CCC/C=C/C/C=C\C/C=C\C/C=C\C/C=C\C/C=C\CC(=O)OC(COC(=O)CCCCCCCCCCCCCCC)COP(=O)(O)OCC[N+](C)(C)C. The van der Waals surface area contributed by atoms with Crippen molar-refractivity contribution in [2.24, 2.45) is 0 Å². The zero-order valence-electron chi connectivity index (χ0n) is 36.1. The van der Waals surface area contributed by atoms with Crippen LogP contribution in [0.5, 0.6) is 0 Å². The Morgan fingerprint density at radius 3 is 1.48 bits per heavy atom. The Bertz CT molecular complexity index is 1180. The predicted octanol–water partition coefficient (Wildman–Crippen LogP) is 12.2. The monoisotopic (exact) mass is 807 g/mol. The number of phosphoric acid groups is 1. The molecule has 0 radical (unpaired) electrons. The Morgan fingerprint density at radius 1 is 0.571 bits per heavy atom. The molecule has 9 nitrogen and oxygen atoms in total. The number of rotatable bonds is 38. The lowest BCUT2D eigenvalue weighted by Crippen LogP contribution is -2.37. The minimum absolute atomic E-state index is 0.00497. The second-order valence-electron chi connectivity index (χ2n) is 15.4. The van der Waals surface area contributed by atoms with Crippen molar-refractivity contribution in [1.29, 1.82) is 0 Å². The molecule has 0 spiro atoms. The van der Waals surface area contributed by atoms with E-state index in [4.69, 9.17) is 18.5 Å². The summed E-state index contributed by atoms with van der Waals surface area (Å²) in [4.78, 5) is 35.3. The second kappa shape index (κ2) is 38.0. The van der Waals surface area contributed by atoms with Gasteiger partial charge in [0.25, 0.3) is 0 Å². The van der Waals surface area contributed by atoms with E-state index in [1.165, 1.54) is 70.6 Å². The highest BCUT2D eigenvalue weighted by atomic mass is 31.2. The van der Waals surface area contributed by atoms with Crippen LogP contribution in [0.25, 0.3) is 0 Å². The summed E-state index contributed by atoms with van der Waals surface area (Å²) in [5, 5.41) is 0. The molecule has 0 saturated heterocycles. The molecule has 0 heterocycles. The lowest BCUT2D eigenvalue weighted by atomic mass is 10.0. The average Bonchev–Trinajstić information content (AvgIpc) is 3.15. The van der Waals surface area contributed by atoms with Crippen LogP contribution >= 0.6 is 7.82 Å². The minimum atomic E-state index is -4.40. The second-order valence-corrected chi connectivity index (χ2v) is 16.9. The quantitative estimate of drug-likeness (QED) is 0.0216. The van der Waals surface area contributed by atoms with Crippen LogP contribution in [0.1, 0.15) is 155 Å². The normalized spacial score (nSPS) is 14.3. The Balaban J connectivity index is 4.54. The summed E-state index contributed by atoms with van der Waals surface area (Å²) in [7, 11) is 1.41. The summed E-state index contributed by atoms with van der Waals surface area (Å²) in [6.45, 7) is 4.22. The van der Waals surface area contributed by atoms with Gasteiger partial charge in [-0.1, -0.05) is 170 Å². The number of ether oxygens (including phenoxy) is 2. The molecule has 1 N–H and O–H groups in total. The van der Waals surface area contributed by atoms with E-state index < -0.39 is 32.5 Å². The first-order chi connectivity index (χ1) is 27.0. The molecule has 0 amide bonds. The van der Waals surface area contributed by atoms with Crippen LogP contribution in [0.2, 0.25) is 0 Å². The van der Waals surface area contributed by atoms with Gasteiger partial charge in [-0.05, 0) is 44.9 Å². The van der Waals surface area contributed by atoms with Gasteiger partial charge in [0.2, 0.25) is 0 Å². The van der Waals surface area contributed by atoms with Gasteiger partial charge in [-0.15, -0.1) is 0 Å². The van der Waals surface area contributed by atoms with Gasteiger partial charge in [-0.3, -0.25) is 18.6 Å². The predicted molar refractivity (Wildman–Crippen MR) is 233 cm³/mol. The highest BCUT2D eigenvalue weighted by Gasteiger charge is 2.26. The minimum Gasteiger partial charge on any atom is -0.462 e. The van der Waals surface area contributed by atoms with Crippen molar-refractivity contribution in [2.45, 2.75) is 161 Å². The van der Waals surface area contributed by atoms with Crippen molar-refractivity contribution >= 4 is 19.8 Å². The number of quaternary nitrogens is 1. The largest absolute Gasteiger partial charge is 0.472 e. The van der Waals surface area contributed by atoms with E-state index in [1.807, 2.05) is 33.3 Å². The zero-order chi connectivity index (χ0) is 41.4. The molecule has 0 saturated carbocycles. The maximum Gasteiger partial charge on any atom is 0.472 e. The van der Waals surface area contributed by atoms with E-state index >= 15 is 0 Å². The molecule has 0 aromatic heterocycles. The van der Waals surface area contributed by atoms with Crippen molar-refractivity contribution in [3.05, 3.63) is 72.9 Å². The fourth-order valence-electron chi connectivity index (χ4n) is 5.36. The van der Waals surface area contributed by atoms with Gasteiger partial charge in [0, 0.05) is 6.42 Å². The Labute approximate surface area is 342 Å².